The van der Waals surface area contributed by atoms with Crippen molar-refractivity contribution in [3.05, 3.63) is 23.3 Å². The van der Waals surface area contributed by atoms with Crippen LogP contribution in [0.15, 0.2) is 23.3 Å². The minimum Gasteiger partial charge on any atom is -0.462 e. The Labute approximate surface area is 217 Å². The van der Waals surface area contributed by atoms with Gasteiger partial charge in [0.05, 0.1) is 0 Å². The molecule has 7 atom stereocenters. The van der Waals surface area contributed by atoms with Crippen LogP contribution >= 0.6 is 0 Å². The SMILES string of the molecule is C=C1[C@@H](OC(C)=O)CC[C@]2(C)[C@H]1[C@H](OC(C)=O)[C@@H]1CC(=O)C(C)=C([C@@H](OC(C)=O)[C@@H]2OC(C)=O)C1(C)C. The Morgan fingerprint density at radius 2 is 1.41 bits per heavy atom. The van der Waals surface area contributed by atoms with Crippen molar-refractivity contribution >= 4 is 29.7 Å². The Morgan fingerprint density at radius 1 is 0.865 bits per heavy atom. The molecule has 0 spiro atoms. The Kier molecular flexibility index (Phi) is 7.78. The van der Waals surface area contributed by atoms with E-state index < -0.39 is 71.0 Å². The molecule has 3 aliphatic carbocycles. The summed E-state index contributed by atoms with van der Waals surface area (Å²) in [6.07, 6.45) is -2.70. The van der Waals surface area contributed by atoms with Crippen molar-refractivity contribution in [3.63, 3.8) is 0 Å². The summed E-state index contributed by atoms with van der Waals surface area (Å²) >= 11 is 0. The number of ketones is 1. The van der Waals surface area contributed by atoms with Crippen LogP contribution in [0.2, 0.25) is 0 Å². The van der Waals surface area contributed by atoms with E-state index in [2.05, 4.69) is 6.58 Å². The first kappa shape index (κ1) is 28.6. The molecule has 0 aliphatic heterocycles. The maximum Gasteiger partial charge on any atom is 0.303 e. The van der Waals surface area contributed by atoms with Crippen molar-refractivity contribution in [2.24, 2.45) is 22.7 Å². The molecule has 0 aromatic heterocycles. The van der Waals surface area contributed by atoms with Crippen LogP contribution in [-0.4, -0.2) is 54.1 Å². The van der Waals surface area contributed by atoms with Crippen molar-refractivity contribution in [3.8, 4) is 0 Å². The van der Waals surface area contributed by atoms with Gasteiger partial charge in [0.2, 0.25) is 0 Å². The normalized spacial score (nSPS) is 34.9. The molecular formula is C28H38O9. The number of rotatable bonds is 4. The lowest BCUT2D eigenvalue weighted by molar-refractivity contribution is -0.202. The monoisotopic (exact) mass is 518 g/mol. The minimum atomic E-state index is -1.05. The standard InChI is InChI=1S/C28H38O9/c1-13-20(33)12-19-24(35-16(4)30)23-14(2)21(34-15(3)29)10-11-28(23,9)26(37-18(6)32)25(36-17(5)31)22(13)27(19,7)8/h19,21,23-26H,2,10-12H2,1,3-9H3/t19-,21-,23+,24+,25+,26-,28+/m0/s1. The number of esters is 4. The fourth-order valence-corrected chi connectivity index (χ4v) is 6.94. The highest BCUT2D eigenvalue weighted by atomic mass is 16.6. The van der Waals surface area contributed by atoms with Gasteiger partial charge in [0, 0.05) is 51.4 Å². The largest absolute Gasteiger partial charge is 0.462 e. The first-order chi connectivity index (χ1) is 17.0. The molecule has 9 heteroatoms. The van der Waals surface area contributed by atoms with Crippen LogP contribution in [0.25, 0.3) is 0 Å². The number of fused-ring (bicyclic) bond motifs is 3. The fraction of sp³-hybridized carbons (Fsp3) is 0.679. The average Bonchev–Trinajstić information content (AvgIpc) is 2.74. The maximum atomic E-state index is 13.3. The summed E-state index contributed by atoms with van der Waals surface area (Å²) in [6, 6.07) is 0. The van der Waals surface area contributed by atoms with Crippen LogP contribution < -0.4 is 0 Å². The van der Waals surface area contributed by atoms with Gasteiger partial charge in [-0.15, -0.1) is 0 Å². The average molecular weight is 519 g/mol. The van der Waals surface area contributed by atoms with Gasteiger partial charge >= 0.3 is 23.9 Å². The molecule has 3 rings (SSSR count). The first-order valence-electron chi connectivity index (χ1n) is 12.6. The van der Waals surface area contributed by atoms with Gasteiger partial charge in [-0.25, -0.2) is 0 Å². The van der Waals surface area contributed by atoms with Gasteiger partial charge in [0.1, 0.15) is 18.3 Å². The van der Waals surface area contributed by atoms with E-state index in [9.17, 15) is 24.0 Å². The second-order valence-electron chi connectivity index (χ2n) is 11.3. The van der Waals surface area contributed by atoms with Crippen molar-refractivity contribution in [2.75, 3.05) is 0 Å². The van der Waals surface area contributed by atoms with Gasteiger partial charge in [-0.3, -0.25) is 24.0 Å². The number of carbonyl (C=O) groups excluding carboxylic acids is 5. The van der Waals surface area contributed by atoms with Gasteiger partial charge in [0.15, 0.2) is 11.9 Å². The first-order valence-corrected chi connectivity index (χ1v) is 12.6. The summed E-state index contributed by atoms with van der Waals surface area (Å²) in [5, 5.41) is 0. The quantitative estimate of drug-likeness (QED) is 0.312. The van der Waals surface area contributed by atoms with Crippen molar-refractivity contribution in [1.82, 2.24) is 0 Å². The van der Waals surface area contributed by atoms with E-state index in [1.165, 1.54) is 27.7 Å². The zero-order valence-electron chi connectivity index (χ0n) is 23.0. The van der Waals surface area contributed by atoms with Gasteiger partial charge in [0.25, 0.3) is 0 Å². The summed E-state index contributed by atoms with van der Waals surface area (Å²) in [5.41, 5.74) is -0.236. The lowest BCUT2D eigenvalue weighted by Gasteiger charge is -2.59. The van der Waals surface area contributed by atoms with Gasteiger partial charge in [-0.1, -0.05) is 27.4 Å². The summed E-state index contributed by atoms with van der Waals surface area (Å²) < 4.78 is 23.4. The van der Waals surface area contributed by atoms with Crippen molar-refractivity contribution in [1.29, 1.82) is 0 Å². The van der Waals surface area contributed by atoms with E-state index in [0.29, 0.717) is 29.6 Å². The third-order valence-corrected chi connectivity index (χ3v) is 8.45. The number of hydrogen-bond donors (Lipinski definition) is 0. The number of ether oxygens (including phenoxy) is 4. The third kappa shape index (κ3) is 5.09. The Bertz CT molecular complexity index is 1070. The molecule has 0 unspecified atom stereocenters. The van der Waals surface area contributed by atoms with Crippen LogP contribution in [0, 0.1) is 22.7 Å². The molecule has 2 bridgehead atoms. The molecule has 0 radical (unpaired) electrons. The highest BCUT2D eigenvalue weighted by molar-refractivity contribution is 5.97. The second kappa shape index (κ2) is 10.1. The van der Waals surface area contributed by atoms with Gasteiger partial charge in [-0.05, 0) is 41.9 Å². The molecule has 0 heterocycles. The maximum absolute atomic E-state index is 13.3. The van der Waals surface area contributed by atoms with E-state index in [1.54, 1.807) is 6.92 Å². The molecule has 2 saturated carbocycles. The molecule has 0 saturated heterocycles. The van der Waals surface area contributed by atoms with E-state index in [4.69, 9.17) is 18.9 Å². The molecule has 0 N–H and O–H groups in total. The molecule has 0 amide bonds. The number of hydrogen-bond acceptors (Lipinski definition) is 9. The van der Waals surface area contributed by atoms with E-state index >= 15 is 0 Å². The van der Waals surface area contributed by atoms with Gasteiger partial charge < -0.3 is 18.9 Å². The molecule has 3 aliphatic rings. The predicted octanol–water partition coefficient (Wildman–Crippen LogP) is 3.63. The Hall–Kier alpha value is -2.97. The molecule has 9 nitrogen and oxygen atoms in total. The third-order valence-electron chi connectivity index (χ3n) is 8.45. The van der Waals surface area contributed by atoms with Gasteiger partial charge in [-0.2, -0.15) is 0 Å². The Morgan fingerprint density at radius 3 is 1.92 bits per heavy atom. The predicted molar refractivity (Wildman–Crippen MR) is 132 cm³/mol. The molecular weight excluding hydrogens is 480 g/mol. The Balaban J connectivity index is 2.39. The number of carbonyl (C=O) groups is 5. The summed E-state index contributed by atoms with van der Waals surface area (Å²) in [7, 11) is 0. The van der Waals surface area contributed by atoms with Crippen LogP contribution in [0.1, 0.15) is 74.7 Å². The van der Waals surface area contributed by atoms with Crippen LogP contribution in [0.3, 0.4) is 0 Å². The number of Topliss-reactive ketones (excluding diaryl/α,β-unsaturated/α-hetero) is 1. The molecule has 0 aromatic rings. The fourth-order valence-electron chi connectivity index (χ4n) is 6.94. The van der Waals surface area contributed by atoms with Crippen molar-refractivity contribution in [2.45, 2.75) is 99.1 Å². The molecule has 204 valence electrons. The highest BCUT2D eigenvalue weighted by Crippen LogP contribution is 2.60. The highest BCUT2D eigenvalue weighted by Gasteiger charge is 2.64. The van der Waals surface area contributed by atoms with E-state index in [0.717, 1.165) is 0 Å². The lowest BCUT2D eigenvalue weighted by atomic mass is 9.49. The van der Waals surface area contributed by atoms with Crippen molar-refractivity contribution < 1.29 is 42.9 Å². The van der Waals surface area contributed by atoms with Crippen LogP contribution in [-0.2, 0) is 42.9 Å². The zero-order chi connectivity index (χ0) is 28.0. The molecule has 0 aromatic carbocycles. The topological polar surface area (TPSA) is 122 Å². The van der Waals surface area contributed by atoms with E-state index in [-0.39, 0.29) is 12.2 Å². The van der Waals surface area contributed by atoms with E-state index in [1.807, 2.05) is 20.8 Å². The summed E-state index contributed by atoms with van der Waals surface area (Å²) in [4.78, 5) is 62.6. The molecule has 37 heavy (non-hydrogen) atoms. The van der Waals surface area contributed by atoms with Crippen LogP contribution in [0.5, 0.6) is 0 Å². The molecule has 2 fully saturated rings. The second-order valence-corrected chi connectivity index (χ2v) is 11.3. The van der Waals surface area contributed by atoms with Crippen LogP contribution in [0.4, 0.5) is 0 Å². The number of allylic oxidation sites excluding steroid dienone is 1. The summed E-state index contributed by atoms with van der Waals surface area (Å²) in [6.45, 7) is 16.8. The lowest BCUT2D eigenvalue weighted by Crippen LogP contribution is -2.64. The zero-order valence-corrected chi connectivity index (χ0v) is 23.0. The smallest absolute Gasteiger partial charge is 0.303 e. The minimum absolute atomic E-state index is 0.101. The summed E-state index contributed by atoms with van der Waals surface area (Å²) in [5.74, 6) is -3.53.